The van der Waals surface area contributed by atoms with Crippen LogP contribution in [-0.2, 0) is 22.7 Å². The van der Waals surface area contributed by atoms with Crippen molar-refractivity contribution in [1.29, 1.82) is 0 Å². The third kappa shape index (κ3) is 10.7. The van der Waals surface area contributed by atoms with Crippen molar-refractivity contribution in [3.63, 3.8) is 0 Å². The van der Waals surface area contributed by atoms with Crippen molar-refractivity contribution < 1.29 is 24.4 Å². The van der Waals surface area contributed by atoms with E-state index in [1.54, 1.807) is 7.11 Å². The van der Waals surface area contributed by atoms with Gasteiger partial charge in [-0.1, -0.05) is 70.2 Å². The lowest BCUT2D eigenvalue weighted by Crippen LogP contribution is -2.38. The second kappa shape index (κ2) is 15.9. The van der Waals surface area contributed by atoms with Crippen LogP contribution >= 0.6 is 0 Å². The molecule has 0 fully saturated rings. The van der Waals surface area contributed by atoms with Crippen LogP contribution in [0.2, 0.25) is 0 Å². The van der Waals surface area contributed by atoms with Crippen LogP contribution < -0.4 is 4.74 Å². The normalized spacial score (nSPS) is 16.8. The molecule has 0 heterocycles. The molecule has 2 N–H and O–H groups in total. The molecule has 0 aliphatic rings. The zero-order valence-electron chi connectivity index (χ0n) is 22.2. The molecule has 2 rings (SSSR count). The number of rotatable bonds is 17. The van der Waals surface area contributed by atoms with Gasteiger partial charge in [0.05, 0.1) is 32.5 Å². The van der Waals surface area contributed by atoms with E-state index < -0.39 is 6.10 Å². The Morgan fingerprint density at radius 3 is 2.09 bits per heavy atom. The molecule has 35 heavy (non-hydrogen) atoms. The van der Waals surface area contributed by atoms with E-state index >= 15 is 0 Å². The summed E-state index contributed by atoms with van der Waals surface area (Å²) in [7, 11) is 1.65. The first-order valence-corrected chi connectivity index (χ1v) is 13.0. The Labute approximate surface area is 212 Å². The zero-order valence-corrected chi connectivity index (χ0v) is 22.2. The Morgan fingerprint density at radius 2 is 1.46 bits per heavy atom. The molecule has 0 aliphatic carbocycles. The fourth-order valence-corrected chi connectivity index (χ4v) is 4.61. The maximum Gasteiger partial charge on any atom is 0.118 e. The van der Waals surface area contributed by atoms with Crippen LogP contribution in [0.25, 0.3) is 0 Å². The molecular weight excluding hydrogens is 440 g/mol. The van der Waals surface area contributed by atoms with Gasteiger partial charge in [-0.15, -0.1) is 0 Å². The van der Waals surface area contributed by atoms with Gasteiger partial charge in [0.1, 0.15) is 5.75 Å². The SMILES string of the molecule is COc1ccc(CO[C@H]([C@@H](C)[C@H](O)CC[C@H](C)C[C@H](C)COCc2ccccc2)[C@@H](C)CO)cc1. The third-order valence-electron chi connectivity index (χ3n) is 6.85. The van der Waals surface area contributed by atoms with E-state index in [0.717, 1.165) is 37.2 Å². The number of aliphatic hydroxyl groups excluding tert-OH is 2. The van der Waals surface area contributed by atoms with Gasteiger partial charge in [-0.05, 0) is 54.4 Å². The summed E-state index contributed by atoms with van der Waals surface area (Å²) in [5.74, 6) is 1.65. The molecule has 0 bridgehead atoms. The minimum absolute atomic E-state index is 0.0290. The molecule has 0 aromatic heterocycles. The van der Waals surface area contributed by atoms with Gasteiger partial charge in [0.15, 0.2) is 0 Å². The van der Waals surface area contributed by atoms with E-state index in [-0.39, 0.29) is 24.5 Å². The zero-order chi connectivity index (χ0) is 25.6. The Kier molecular flexibility index (Phi) is 13.4. The molecule has 0 amide bonds. The van der Waals surface area contributed by atoms with E-state index in [1.807, 2.05) is 56.3 Å². The summed E-state index contributed by atoms with van der Waals surface area (Å²) in [6.45, 7) is 10.3. The van der Waals surface area contributed by atoms with E-state index in [9.17, 15) is 10.2 Å². The molecule has 6 atom stereocenters. The average Bonchev–Trinajstić information content (AvgIpc) is 2.87. The van der Waals surface area contributed by atoms with Crippen LogP contribution in [-0.4, -0.2) is 42.7 Å². The van der Waals surface area contributed by atoms with Gasteiger partial charge in [-0.25, -0.2) is 0 Å². The second-order valence-corrected chi connectivity index (χ2v) is 10.2. The van der Waals surface area contributed by atoms with Crippen molar-refractivity contribution in [1.82, 2.24) is 0 Å². The standard InChI is InChI=1S/C30H46O5/c1-22(17-23(2)19-34-20-26-9-7-6-8-10-26)11-16-29(32)25(4)30(24(3)18-31)35-21-27-12-14-28(33-5)15-13-27/h6-10,12-15,22-25,29-32H,11,16-21H2,1-5H3/t22-,23-,24-,25-,29+,30-/m0/s1. The first kappa shape index (κ1) is 29.3. The highest BCUT2D eigenvalue weighted by molar-refractivity contribution is 5.26. The smallest absolute Gasteiger partial charge is 0.118 e. The summed E-state index contributed by atoms with van der Waals surface area (Å²) in [6, 6.07) is 18.0. The van der Waals surface area contributed by atoms with Gasteiger partial charge in [0.25, 0.3) is 0 Å². The summed E-state index contributed by atoms with van der Waals surface area (Å²) in [6.07, 6.45) is 2.04. The molecule has 0 unspecified atom stereocenters. The van der Waals surface area contributed by atoms with Gasteiger partial charge in [-0.3, -0.25) is 0 Å². The molecule has 2 aromatic carbocycles. The highest BCUT2D eigenvalue weighted by Crippen LogP contribution is 2.26. The minimum Gasteiger partial charge on any atom is -0.497 e. The summed E-state index contributed by atoms with van der Waals surface area (Å²) in [5, 5.41) is 20.7. The predicted octanol–water partition coefficient (Wildman–Crippen LogP) is 5.87. The van der Waals surface area contributed by atoms with Gasteiger partial charge >= 0.3 is 0 Å². The number of aliphatic hydroxyl groups is 2. The van der Waals surface area contributed by atoms with Crippen LogP contribution in [0.4, 0.5) is 0 Å². The van der Waals surface area contributed by atoms with Crippen molar-refractivity contribution in [2.24, 2.45) is 23.7 Å². The van der Waals surface area contributed by atoms with Gasteiger partial charge < -0.3 is 24.4 Å². The molecular formula is C30H46O5. The summed E-state index contributed by atoms with van der Waals surface area (Å²) in [4.78, 5) is 0. The Bertz CT molecular complexity index is 794. The highest BCUT2D eigenvalue weighted by Gasteiger charge is 2.29. The van der Waals surface area contributed by atoms with Crippen LogP contribution in [0.15, 0.2) is 54.6 Å². The highest BCUT2D eigenvalue weighted by atomic mass is 16.5. The van der Waals surface area contributed by atoms with Crippen LogP contribution in [0, 0.1) is 23.7 Å². The van der Waals surface area contributed by atoms with Gasteiger partial charge in [0, 0.05) is 25.0 Å². The average molecular weight is 487 g/mol. The summed E-state index contributed by atoms with van der Waals surface area (Å²) < 4.78 is 17.3. The Balaban J connectivity index is 1.75. The minimum atomic E-state index is -0.475. The largest absolute Gasteiger partial charge is 0.497 e. The monoisotopic (exact) mass is 486 g/mol. The quantitative estimate of drug-likeness (QED) is 0.293. The van der Waals surface area contributed by atoms with E-state index in [0.29, 0.717) is 25.0 Å². The lowest BCUT2D eigenvalue weighted by atomic mass is 9.85. The van der Waals surface area contributed by atoms with Crippen LogP contribution in [0.1, 0.15) is 58.1 Å². The second-order valence-electron chi connectivity index (χ2n) is 10.2. The first-order valence-electron chi connectivity index (χ1n) is 13.0. The number of benzene rings is 2. The van der Waals surface area contributed by atoms with Crippen molar-refractivity contribution in [2.45, 2.75) is 72.4 Å². The molecule has 2 aromatic rings. The van der Waals surface area contributed by atoms with E-state index in [1.165, 1.54) is 5.56 Å². The fraction of sp³-hybridized carbons (Fsp3) is 0.600. The van der Waals surface area contributed by atoms with Crippen molar-refractivity contribution in [3.8, 4) is 5.75 Å². The molecule has 0 saturated heterocycles. The first-order chi connectivity index (χ1) is 16.8. The van der Waals surface area contributed by atoms with Crippen LogP contribution in [0.3, 0.4) is 0 Å². The van der Waals surface area contributed by atoms with E-state index in [2.05, 4.69) is 26.0 Å². The topological polar surface area (TPSA) is 68.2 Å². The molecule has 196 valence electrons. The lowest BCUT2D eigenvalue weighted by molar-refractivity contribution is -0.0766. The van der Waals surface area contributed by atoms with Crippen molar-refractivity contribution >= 4 is 0 Å². The maximum absolute atomic E-state index is 10.9. The molecule has 5 heteroatoms. The number of ether oxygens (including phenoxy) is 3. The summed E-state index contributed by atoms with van der Waals surface area (Å²) in [5.41, 5.74) is 2.24. The Morgan fingerprint density at radius 1 is 0.800 bits per heavy atom. The molecule has 5 nitrogen and oxygen atoms in total. The van der Waals surface area contributed by atoms with Gasteiger partial charge in [-0.2, -0.15) is 0 Å². The maximum atomic E-state index is 10.9. The van der Waals surface area contributed by atoms with E-state index in [4.69, 9.17) is 14.2 Å². The lowest BCUT2D eigenvalue weighted by Gasteiger charge is -2.32. The molecule has 0 radical (unpaired) electrons. The van der Waals surface area contributed by atoms with Crippen molar-refractivity contribution in [2.75, 3.05) is 20.3 Å². The summed E-state index contributed by atoms with van der Waals surface area (Å²) >= 11 is 0. The number of hydrogen-bond acceptors (Lipinski definition) is 5. The number of methoxy groups -OCH3 is 1. The Hall–Kier alpha value is -1.92. The molecule has 0 aliphatic heterocycles. The number of hydrogen-bond donors (Lipinski definition) is 2. The van der Waals surface area contributed by atoms with Crippen molar-refractivity contribution in [3.05, 3.63) is 65.7 Å². The third-order valence-corrected chi connectivity index (χ3v) is 6.85. The van der Waals surface area contributed by atoms with Gasteiger partial charge in [0.2, 0.25) is 0 Å². The van der Waals surface area contributed by atoms with Crippen LogP contribution in [0.5, 0.6) is 5.75 Å². The predicted molar refractivity (Wildman–Crippen MR) is 141 cm³/mol. The molecule has 0 spiro atoms. The molecule has 0 saturated carbocycles. The fourth-order valence-electron chi connectivity index (χ4n) is 4.61.